The van der Waals surface area contributed by atoms with Crippen molar-refractivity contribution in [3.05, 3.63) is 24.0 Å². The predicted molar refractivity (Wildman–Crippen MR) is 60.1 cm³/mol. The van der Waals surface area contributed by atoms with E-state index < -0.39 is 0 Å². The van der Waals surface area contributed by atoms with Crippen LogP contribution < -0.4 is 10.5 Å². The first kappa shape index (κ1) is 10.3. The molecule has 2 heterocycles. The molecule has 2 aromatic heterocycles. The number of methoxy groups -OCH3 is 1. The zero-order valence-electron chi connectivity index (χ0n) is 8.97. The second-order valence-corrected chi connectivity index (χ2v) is 3.43. The van der Waals surface area contributed by atoms with E-state index in [2.05, 4.69) is 11.2 Å². The van der Waals surface area contributed by atoms with Crippen LogP contribution in [0.1, 0.15) is 12.0 Å². The molecule has 2 aromatic rings. The molecule has 0 aliphatic rings. The number of nitrogens with zero attached hydrogens (tertiary/aromatic N) is 3. The fraction of sp³-hybridized carbons (Fsp3) is 0.273. The van der Waals surface area contributed by atoms with Crippen LogP contribution in [0.15, 0.2) is 18.5 Å². The summed E-state index contributed by atoms with van der Waals surface area (Å²) >= 11 is 0. The van der Waals surface area contributed by atoms with Crippen LogP contribution in [0, 0.1) is 11.3 Å². The van der Waals surface area contributed by atoms with Gasteiger partial charge in [-0.1, -0.05) is 0 Å². The minimum atomic E-state index is 0.458. The Kier molecular flexibility index (Phi) is 2.64. The molecule has 0 amide bonds. The molecule has 0 radical (unpaired) electrons. The predicted octanol–water partition coefficient (Wildman–Crippen LogP) is 1.38. The highest BCUT2D eigenvalue weighted by atomic mass is 16.5. The summed E-state index contributed by atoms with van der Waals surface area (Å²) in [6.07, 6.45) is 4.64. The Morgan fingerprint density at radius 1 is 1.62 bits per heavy atom. The number of aromatic nitrogens is 2. The number of aryl methyl sites for hydroxylation is 1. The van der Waals surface area contributed by atoms with E-state index in [0.29, 0.717) is 24.3 Å². The highest BCUT2D eigenvalue weighted by Crippen LogP contribution is 2.29. The van der Waals surface area contributed by atoms with Gasteiger partial charge in [0.2, 0.25) is 0 Å². The number of ether oxygens (including phenoxy) is 1. The summed E-state index contributed by atoms with van der Waals surface area (Å²) in [4.78, 5) is 0. The number of pyridine rings is 1. The molecule has 2 N–H and O–H groups in total. The maximum atomic E-state index is 8.59. The van der Waals surface area contributed by atoms with Gasteiger partial charge in [0, 0.05) is 18.2 Å². The van der Waals surface area contributed by atoms with E-state index in [-0.39, 0.29) is 0 Å². The molecule has 16 heavy (non-hydrogen) atoms. The average Bonchev–Trinajstić information content (AvgIpc) is 2.70. The van der Waals surface area contributed by atoms with E-state index in [1.54, 1.807) is 30.1 Å². The Morgan fingerprint density at radius 2 is 2.44 bits per heavy atom. The molecule has 0 aliphatic heterocycles. The van der Waals surface area contributed by atoms with Crippen LogP contribution in [0.25, 0.3) is 5.52 Å². The summed E-state index contributed by atoms with van der Waals surface area (Å²) in [6, 6.07) is 3.86. The molecule has 2 rings (SSSR count). The van der Waals surface area contributed by atoms with Gasteiger partial charge in [0.25, 0.3) is 0 Å². The molecule has 0 unspecified atom stereocenters. The van der Waals surface area contributed by atoms with Crippen LogP contribution in [0.3, 0.4) is 0 Å². The minimum Gasteiger partial charge on any atom is -0.492 e. The highest BCUT2D eigenvalue weighted by Gasteiger charge is 2.12. The smallest absolute Gasteiger partial charge is 0.167 e. The van der Waals surface area contributed by atoms with E-state index in [1.807, 2.05) is 0 Å². The lowest BCUT2D eigenvalue weighted by molar-refractivity contribution is 0.419. The van der Waals surface area contributed by atoms with E-state index in [1.165, 1.54) is 0 Å². The van der Waals surface area contributed by atoms with Crippen molar-refractivity contribution in [2.75, 3.05) is 12.8 Å². The summed E-state index contributed by atoms with van der Waals surface area (Å²) in [5, 5.41) is 12.8. The second kappa shape index (κ2) is 4.11. The molecule has 0 bridgehead atoms. The first-order valence-electron chi connectivity index (χ1n) is 4.93. The van der Waals surface area contributed by atoms with Gasteiger partial charge in [-0.15, -0.1) is 0 Å². The van der Waals surface area contributed by atoms with Crippen LogP contribution in [0.4, 0.5) is 5.69 Å². The molecule has 0 saturated heterocycles. The van der Waals surface area contributed by atoms with E-state index >= 15 is 0 Å². The van der Waals surface area contributed by atoms with E-state index in [4.69, 9.17) is 15.7 Å². The van der Waals surface area contributed by atoms with Crippen LogP contribution in [0.5, 0.6) is 5.75 Å². The van der Waals surface area contributed by atoms with Gasteiger partial charge in [0.05, 0.1) is 25.1 Å². The van der Waals surface area contributed by atoms with Gasteiger partial charge in [-0.2, -0.15) is 10.4 Å². The lowest BCUT2D eigenvalue weighted by Gasteiger charge is -2.07. The Labute approximate surface area is 93.0 Å². The van der Waals surface area contributed by atoms with Crippen LogP contribution >= 0.6 is 0 Å². The Hall–Kier alpha value is -2.22. The normalized spacial score (nSPS) is 10.2. The molecule has 0 atom stereocenters. The number of anilines is 1. The number of nitrogens with two attached hydrogens (primary N) is 1. The van der Waals surface area contributed by atoms with Gasteiger partial charge >= 0.3 is 0 Å². The van der Waals surface area contributed by atoms with Gasteiger partial charge in [0.15, 0.2) is 5.75 Å². The van der Waals surface area contributed by atoms with Crippen molar-refractivity contribution in [2.45, 2.75) is 12.8 Å². The molecule has 5 heteroatoms. The number of nitriles is 1. The average molecular weight is 216 g/mol. The van der Waals surface area contributed by atoms with Gasteiger partial charge in [0.1, 0.15) is 5.52 Å². The monoisotopic (exact) mass is 216 g/mol. The van der Waals surface area contributed by atoms with Crippen LogP contribution in [-0.4, -0.2) is 16.7 Å². The largest absolute Gasteiger partial charge is 0.492 e. The van der Waals surface area contributed by atoms with Crippen molar-refractivity contribution in [3.8, 4) is 11.8 Å². The van der Waals surface area contributed by atoms with Crippen molar-refractivity contribution in [1.82, 2.24) is 9.61 Å². The molecular formula is C11H12N4O. The molecule has 0 spiro atoms. The highest BCUT2D eigenvalue weighted by molar-refractivity contribution is 5.74. The number of hydrogen-bond donors (Lipinski definition) is 1. The Bertz CT molecular complexity index is 553. The zero-order valence-corrected chi connectivity index (χ0v) is 8.97. The SMILES string of the molecule is COc1c(N)ccn2ncc(CCC#N)c12. The van der Waals surface area contributed by atoms with Crippen LogP contribution in [-0.2, 0) is 6.42 Å². The molecule has 0 aliphatic carbocycles. The standard InChI is InChI=1S/C11H12N4O/c1-16-11-9(13)4-6-15-10(11)8(7-14-15)3-2-5-12/h4,6-7H,2-3,13H2,1H3. The van der Waals surface area contributed by atoms with Crippen molar-refractivity contribution >= 4 is 11.2 Å². The maximum Gasteiger partial charge on any atom is 0.167 e. The fourth-order valence-corrected chi connectivity index (χ4v) is 1.71. The first-order valence-corrected chi connectivity index (χ1v) is 4.93. The van der Waals surface area contributed by atoms with Gasteiger partial charge in [-0.3, -0.25) is 0 Å². The minimum absolute atomic E-state index is 0.458. The molecule has 5 nitrogen and oxygen atoms in total. The Morgan fingerprint density at radius 3 is 3.12 bits per heavy atom. The zero-order chi connectivity index (χ0) is 11.5. The molecule has 82 valence electrons. The lowest BCUT2D eigenvalue weighted by atomic mass is 10.1. The quantitative estimate of drug-likeness (QED) is 0.840. The van der Waals surface area contributed by atoms with Crippen molar-refractivity contribution in [1.29, 1.82) is 5.26 Å². The van der Waals surface area contributed by atoms with Gasteiger partial charge in [-0.05, 0) is 12.5 Å². The number of fused-ring (bicyclic) bond motifs is 1. The third-order valence-corrected chi connectivity index (χ3v) is 2.45. The lowest BCUT2D eigenvalue weighted by Crippen LogP contribution is -1.98. The van der Waals surface area contributed by atoms with Gasteiger partial charge < -0.3 is 10.5 Å². The summed E-state index contributed by atoms with van der Waals surface area (Å²) in [7, 11) is 1.58. The van der Waals surface area contributed by atoms with Crippen molar-refractivity contribution < 1.29 is 4.74 Å². The number of rotatable bonds is 3. The van der Waals surface area contributed by atoms with Crippen molar-refractivity contribution in [2.24, 2.45) is 0 Å². The maximum absolute atomic E-state index is 8.59. The summed E-state index contributed by atoms with van der Waals surface area (Å²) in [6.45, 7) is 0. The van der Waals surface area contributed by atoms with E-state index in [0.717, 1.165) is 11.1 Å². The number of hydrogen-bond acceptors (Lipinski definition) is 4. The topological polar surface area (TPSA) is 76.3 Å². The summed E-state index contributed by atoms with van der Waals surface area (Å²) < 4.78 is 6.98. The molecule has 0 aromatic carbocycles. The van der Waals surface area contributed by atoms with E-state index in [9.17, 15) is 0 Å². The molecule has 0 saturated carbocycles. The summed E-state index contributed by atoms with van der Waals surface area (Å²) in [5.74, 6) is 0.618. The summed E-state index contributed by atoms with van der Waals surface area (Å²) in [5.41, 5.74) is 8.22. The second-order valence-electron chi connectivity index (χ2n) is 3.43. The first-order chi connectivity index (χ1) is 7.77. The molecule has 0 fully saturated rings. The van der Waals surface area contributed by atoms with Gasteiger partial charge in [-0.25, -0.2) is 4.52 Å². The number of nitrogen functional groups attached to an aromatic ring is 1. The third kappa shape index (κ3) is 1.54. The molecular weight excluding hydrogens is 204 g/mol. The third-order valence-electron chi connectivity index (χ3n) is 2.45. The van der Waals surface area contributed by atoms with Crippen molar-refractivity contribution in [3.63, 3.8) is 0 Å². The Balaban J connectivity index is 2.59. The van der Waals surface area contributed by atoms with Crippen LogP contribution in [0.2, 0.25) is 0 Å². The fourth-order valence-electron chi connectivity index (χ4n) is 1.71.